The minimum absolute atomic E-state index is 0.0673. The minimum atomic E-state index is -3.67. The van der Waals surface area contributed by atoms with E-state index in [0.29, 0.717) is 11.3 Å². The number of nitrogens with two attached hydrogens (primary N) is 1. The van der Waals surface area contributed by atoms with E-state index >= 15 is 0 Å². The first kappa shape index (κ1) is 15.2. The van der Waals surface area contributed by atoms with Crippen molar-refractivity contribution in [1.82, 2.24) is 4.72 Å². The molecule has 1 aromatic carbocycles. The second-order valence-corrected chi connectivity index (χ2v) is 6.43. The van der Waals surface area contributed by atoms with Crippen LogP contribution in [-0.4, -0.2) is 26.7 Å². The molecule has 1 unspecified atom stereocenters. The van der Waals surface area contributed by atoms with Crippen LogP contribution < -0.4 is 10.5 Å². The quantitative estimate of drug-likeness (QED) is 0.710. The van der Waals surface area contributed by atoms with Crippen molar-refractivity contribution in [3.05, 3.63) is 22.7 Å². The second kappa shape index (κ2) is 5.88. The Morgan fingerprint density at radius 2 is 2.11 bits per heavy atom. The second-order valence-electron chi connectivity index (χ2n) is 4.26. The van der Waals surface area contributed by atoms with Crippen LogP contribution in [0.3, 0.4) is 0 Å². The number of nitrogen functional groups attached to an aromatic ring is 1. The SMILES string of the molecule is Cc1c(N)cc(Cl)cc1S(=O)(=O)NCC(C)CO. The summed E-state index contributed by atoms with van der Waals surface area (Å²) in [6, 6.07) is 2.87. The summed E-state index contributed by atoms with van der Waals surface area (Å²) < 4.78 is 26.6. The Labute approximate surface area is 112 Å². The van der Waals surface area contributed by atoms with E-state index in [1.807, 2.05) is 0 Å². The fourth-order valence-corrected chi connectivity index (χ4v) is 3.10. The lowest BCUT2D eigenvalue weighted by Gasteiger charge is -2.13. The lowest BCUT2D eigenvalue weighted by molar-refractivity contribution is 0.238. The third-order valence-corrected chi connectivity index (χ3v) is 4.36. The largest absolute Gasteiger partial charge is 0.398 e. The number of halogens is 1. The van der Waals surface area contributed by atoms with Crippen molar-refractivity contribution in [2.45, 2.75) is 18.7 Å². The molecule has 0 saturated carbocycles. The standard InChI is InChI=1S/C11H17ClN2O3S/c1-7(6-15)5-14-18(16,17)11-4-9(12)3-10(13)8(11)2/h3-4,7,14-15H,5-6,13H2,1-2H3. The fraction of sp³-hybridized carbons (Fsp3) is 0.455. The Morgan fingerprint density at radius 3 is 2.67 bits per heavy atom. The van der Waals surface area contributed by atoms with Crippen LogP contribution in [0.4, 0.5) is 5.69 Å². The number of rotatable bonds is 5. The average molecular weight is 293 g/mol. The maximum Gasteiger partial charge on any atom is 0.240 e. The predicted octanol–water partition coefficient (Wildman–Crippen LogP) is 1.14. The summed E-state index contributed by atoms with van der Waals surface area (Å²) >= 11 is 5.81. The summed E-state index contributed by atoms with van der Waals surface area (Å²) in [5, 5.41) is 9.14. The van der Waals surface area contributed by atoms with Crippen molar-refractivity contribution in [3.8, 4) is 0 Å². The summed E-state index contributed by atoms with van der Waals surface area (Å²) in [6.45, 7) is 3.43. The van der Waals surface area contributed by atoms with Crippen LogP contribution >= 0.6 is 11.6 Å². The minimum Gasteiger partial charge on any atom is -0.398 e. The number of sulfonamides is 1. The van der Waals surface area contributed by atoms with E-state index in [1.54, 1.807) is 13.8 Å². The average Bonchev–Trinajstić information content (AvgIpc) is 2.30. The Hall–Kier alpha value is -0.820. The van der Waals surface area contributed by atoms with Gasteiger partial charge in [-0.3, -0.25) is 0 Å². The Bertz CT molecular complexity index is 531. The fourth-order valence-electron chi connectivity index (χ4n) is 1.35. The van der Waals surface area contributed by atoms with Crippen LogP contribution in [0.15, 0.2) is 17.0 Å². The van der Waals surface area contributed by atoms with Crippen molar-refractivity contribution in [3.63, 3.8) is 0 Å². The summed E-state index contributed by atoms with van der Waals surface area (Å²) in [7, 11) is -3.67. The molecule has 0 heterocycles. The smallest absolute Gasteiger partial charge is 0.240 e. The van der Waals surface area contributed by atoms with Crippen LogP contribution in [-0.2, 0) is 10.0 Å². The van der Waals surface area contributed by atoms with Gasteiger partial charge in [-0.1, -0.05) is 18.5 Å². The molecule has 0 radical (unpaired) electrons. The molecule has 5 nitrogen and oxygen atoms in total. The van der Waals surface area contributed by atoms with Gasteiger partial charge in [0, 0.05) is 23.9 Å². The molecule has 0 aliphatic rings. The maximum absolute atomic E-state index is 12.1. The molecule has 7 heteroatoms. The molecule has 1 aromatic rings. The monoisotopic (exact) mass is 292 g/mol. The zero-order chi connectivity index (χ0) is 13.9. The topological polar surface area (TPSA) is 92.4 Å². The van der Waals surface area contributed by atoms with Gasteiger partial charge < -0.3 is 10.8 Å². The number of hydrogen-bond acceptors (Lipinski definition) is 4. The van der Waals surface area contributed by atoms with Gasteiger partial charge in [-0.05, 0) is 30.5 Å². The zero-order valence-electron chi connectivity index (χ0n) is 10.3. The van der Waals surface area contributed by atoms with E-state index in [0.717, 1.165) is 0 Å². The Balaban J connectivity index is 3.05. The van der Waals surface area contributed by atoms with Crippen molar-refractivity contribution in [2.24, 2.45) is 5.92 Å². The molecular formula is C11H17ClN2O3S. The summed E-state index contributed by atoms with van der Waals surface area (Å²) in [5.74, 6) is -0.156. The first-order chi connectivity index (χ1) is 8.27. The van der Waals surface area contributed by atoms with Gasteiger partial charge >= 0.3 is 0 Å². The normalized spacial score (nSPS) is 13.6. The number of benzene rings is 1. The van der Waals surface area contributed by atoms with E-state index in [9.17, 15) is 8.42 Å². The number of hydrogen-bond donors (Lipinski definition) is 3. The highest BCUT2D eigenvalue weighted by atomic mass is 35.5. The molecule has 18 heavy (non-hydrogen) atoms. The number of aliphatic hydroxyl groups is 1. The van der Waals surface area contributed by atoms with Crippen LogP contribution in [0, 0.1) is 12.8 Å². The Kier molecular flexibility index (Phi) is 4.98. The number of aliphatic hydroxyl groups excluding tert-OH is 1. The summed E-state index contributed by atoms with van der Waals surface area (Å²) in [4.78, 5) is 0.0673. The number of anilines is 1. The van der Waals surface area contributed by atoms with Gasteiger partial charge in [0.1, 0.15) is 0 Å². The maximum atomic E-state index is 12.1. The van der Waals surface area contributed by atoms with Crippen molar-refractivity contribution >= 4 is 27.3 Å². The summed E-state index contributed by atoms with van der Waals surface area (Å²) in [6.07, 6.45) is 0. The highest BCUT2D eigenvalue weighted by Gasteiger charge is 2.19. The van der Waals surface area contributed by atoms with Crippen LogP contribution in [0.5, 0.6) is 0 Å². The van der Waals surface area contributed by atoms with E-state index < -0.39 is 10.0 Å². The molecule has 0 spiro atoms. The molecule has 0 bridgehead atoms. The number of nitrogens with one attached hydrogen (secondary N) is 1. The van der Waals surface area contributed by atoms with Crippen LogP contribution in [0.25, 0.3) is 0 Å². The van der Waals surface area contributed by atoms with Crippen LogP contribution in [0.2, 0.25) is 5.02 Å². The molecule has 1 rings (SSSR count). The lowest BCUT2D eigenvalue weighted by atomic mass is 10.2. The van der Waals surface area contributed by atoms with Crippen LogP contribution in [0.1, 0.15) is 12.5 Å². The molecule has 102 valence electrons. The first-order valence-corrected chi connectivity index (χ1v) is 7.30. The highest BCUT2D eigenvalue weighted by molar-refractivity contribution is 7.89. The van der Waals surface area contributed by atoms with Gasteiger partial charge in [0.15, 0.2) is 0 Å². The van der Waals surface area contributed by atoms with E-state index in [-0.39, 0.29) is 29.0 Å². The van der Waals surface area contributed by atoms with Crippen molar-refractivity contribution in [1.29, 1.82) is 0 Å². The van der Waals surface area contributed by atoms with Crippen molar-refractivity contribution < 1.29 is 13.5 Å². The summed E-state index contributed by atoms with van der Waals surface area (Å²) in [5.41, 5.74) is 6.48. The molecular weight excluding hydrogens is 276 g/mol. The van der Waals surface area contributed by atoms with Gasteiger partial charge in [0.25, 0.3) is 0 Å². The molecule has 0 aromatic heterocycles. The predicted molar refractivity (Wildman–Crippen MR) is 72.0 cm³/mol. The third-order valence-electron chi connectivity index (χ3n) is 2.59. The zero-order valence-corrected chi connectivity index (χ0v) is 11.8. The third kappa shape index (κ3) is 3.58. The van der Waals surface area contributed by atoms with Crippen molar-refractivity contribution in [2.75, 3.05) is 18.9 Å². The molecule has 0 fully saturated rings. The molecule has 0 aliphatic heterocycles. The van der Waals surface area contributed by atoms with Gasteiger partial charge in [-0.25, -0.2) is 13.1 Å². The van der Waals surface area contributed by atoms with E-state index in [4.69, 9.17) is 22.4 Å². The van der Waals surface area contributed by atoms with Gasteiger partial charge in [0.2, 0.25) is 10.0 Å². The molecule has 0 saturated heterocycles. The van der Waals surface area contributed by atoms with E-state index in [2.05, 4.69) is 4.72 Å². The first-order valence-electron chi connectivity index (χ1n) is 5.44. The molecule has 0 aliphatic carbocycles. The Morgan fingerprint density at radius 1 is 1.50 bits per heavy atom. The molecule has 4 N–H and O–H groups in total. The van der Waals surface area contributed by atoms with Gasteiger partial charge in [-0.15, -0.1) is 0 Å². The van der Waals surface area contributed by atoms with E-state index in [1.165, 1.54) is 12.1 Å². The van der Waals surface area contributed by atoms with Gasteiger partial charge in [0.05, 0.1) is 4.90 Å². The van der Waals surface area contributed by atoms with Gasteiger partial charge in [-0.2, -0.15) is 0 Å². The lowest BCUT2D eigenvalue weighted by Crippen LogP contribution is -2.30. The highest BCUT2D eigenvalue weighted by Crippen LogP contribution is 2.25. The molecule has 0 amide bonds. The molecule has 1 atom stereocenters.